The highest BCUT2D eigenvalue weighted by molar-refractivity contribution is 5.72. The summed E-state index contributed by atoms with van der Waals surface area (Å²) in [6, 6.07) is 17.0. The second-order valence-corrected chi connectivity index (χ2v) is 8.77. The van der Waals surface area contributed by atoms with Crippen LogP contribution in [0.4, 0.5) is 4.79 Å². The van der Waals surface area contributed by atoms with Crippen LogP contribution in [0.2, 0.25) is 0 Å². The molecule has 0 fully saturated rings. The molecular formula is C29H41NO6. The van der Waals surface area contributed by atoms with Gasteiger partial charge in [-0.2, -0.15) is 0 Å². The second-order valence-electron chi connectivity index (χ2n) is 8.77. The Bertz CT molecular complexity index is 871. The van der Waals surface area contributed by atoms with E-state index in [4.69, 9.17) is 14.2 Å². The molecule has 36 heavy (non-hydrogen) atoms. The van der Waals surface area contributed by atoms with E-state index >= 15 is 0 Å². The number of amides is 1. The number of rotatable bonds is 18. The van der Waals surface area contributed by atoms with Crippen molar-refractivity contribution in [1.29, 1.82) is 0 Å². The van der Waals surface area contributed by atoms with Gasteiger partial charge in [-0.3, -0.25) is 0 Å². The van der Waals surface area contributed by atoms with Crippen LogP contribution in [-0.4, -0.2) is 54.5 Å². The van der Waals surface area contributed by atoms with Gasteiger partial charge in [-0.1, -0.05) is 81.5 Å². The number of unbranched alkanes of at least 4 members (excludes halogenated alkanes) is 5. The standard InChI is InChI=1S/C29H41NO6/c1-3-5-6-7-8-12-19-30(29(33)36-23-25-13-10-9-11-14-25)20-21-35-26-17-15-24(16-18-26)22-27(28(31)32)34-4-2/h9-11,13-18,27H,3-8,12,19-23H2,1-2H3,(H,31,32). The van der Waals surface area contributed by atoms with Crippen LogP contribution in [0.15, 0.2) is 54.6 Å². The molecule has 0 heterocycles. The predicted molar refractivity (Wildman–Crippen MR) is 140 cm³/mol. The molecule has 0 aliphatic rings. The molecule has 0 saturated heterocycles. The predicted octanol–water partition coefficient (Wildman–Crippen LogP) is 6.10. The smallest absolute Gasteiger partial charge is 0.410 e. The van der Waals surface area contributed by atoms with Gasteiger partial charge in [0.25, 0.3) is 0 Å². The maximum absolute atomic E-state index is 12.8. The van der Waals surface area contributed by atoms with Gasteiger partial charge in [0.2, 0.25) is 0 Å². The fourth-order valence-corrected chi connectivity index (χ4v) is 3.82. The van der Waals surface area contributed by atoms with Crippen LogP contribution < -0.4 is 4.74 Å². The van der Waals surface area contributed by atoms with Gasteiger partial charge in [0.15, 0.2) is 6.10 Å². The van der Waals surface area contributed by atoms with Crippen molar-refractivity contribution in [2.24, 2.45) is 0 Å². The first-order chi connectivity index (χ1) is 17.5. The molecule has 0 saturated carbocycles. The van der Waals surface area contributed by atoms with Crippen LogP contribution in [0.1, 0.15) is 63.5 Å². The average molecular weight is 500 g/mol. The Labute approximate surface area is 215 Å². The molecular weight excluding hydrogens is 458 g/mol. The summed E-state index contributed by atoms with van der Waals surface area (Å²) in [7, 11) is 0. The molecule has 0 radical (unpaired) electrons. The highest BCUT2D eigenvalue weighted by atomic mass is 16.6. The zero-order valence-corrected chi connectivity index (χ0v) is 21.7. The van der Waals surface area contributed by atoms with Crippen molar-refractivity contribution in [3.05, 3.63) is 65.7 Å². The molecule has 1 amide bonds. The second kappa shape index (κ2) is 17.4. The molecule has 1 N–H and O–H groups in total. The third-order valence-corrected chi connectivity index (χ3v) is 5.86. The van der Waals surface area contributed by atoms with Crippen molar-refractivity contribution in [2.45, 2.75) is 71.5 Å². The number of aliphatic carboxylic acids is 1. The Hall–Kier alpha value is -3.06. The first-order valence-electron chi connectivity index (χ1n) is 13.0. The monoisotopic (exact) mass is 499 g/mol. The summed E-state index contributed by atoms with van der Waals surface area (Å²) in [5, 5.41) is 9.26. The van der Waals surface area contributed by atoms with Crippen LogP contribution in [0.5, 0.6) is 5.75 Å². The lowest BCUT2D eigenvalue weighted by atomic mass is 10.1. The summed E-state index contributed by atoms with van der Waals surface area (Å²) in [4.78, 5) is 25.8. The number of carbonyl (C=O) groups excluding carboxylic acids is 1. The molecule has 0 bridgehead atoms. The summed E-state index contributed by atoms with van der Waals surface area (Å²) in [6.07, 6.45) is 5.99. The number of hydrogen-bond donors (Lipinski definition) is 1. The highest BCUT2D eigenvalue weighted by Crippen LogP contribution is 2.15. The van der Waals surface area contributed by atoms with Crippen LogP contribution in [0.25, 0.3) is 0 Å². The molecule has 1 unspecified atom stereocenters. The summed E-state index contributed by atoms with van der Waals surface area (Å²) in [6.45, 7) is 5.97. The van der Waals surface area contributed by atoms with Gasteiger partial charge in [-0.25, -0.2) is 9.59 Å². The average Bonchev–Trinajstić information content (AvgIpc) is 2.89. The fraction of sp³-hybridized carbons (Fsp3) is 0.517. The van der Waals surface area contributed by atoms with E-state index in [-0.39, 0.29) is 12.7 Å². The minimum absolute atomic E-state index is 0.244. The van der Waals surface area contributed by atoms with Gasteiger partial charge in [0.1, 0.15) is 19.0 Å². The summed E-state index contributed by atoms with van der Waals surface area (Å²) < 4.78 is 16.7. The number of carboxylic acid groups (broad SMARTS) is 1. The lowest BCUT2D eigenvalue weighted by Gasteiger charge is -2.22. The number of benzene rings is 2. The number of nitrogens with zero attached hydrogens (tertiary/aromatic N) is 1. The maximum Gasteiger partial charge on any atom is 0.410 e. The minimum atomic E-state index is -0.971. The van der Waals surface area contributed by atoms with E-state index in [9.17, 15) is 14.7 Å². The lowest BCUT2D eigenvalue weighted by molar-refractivity contribution is -0.149. The van der Waals surface area contributed by atoms with Crippen molar-refractivity contribution in [1.82, 2.24) is 4.90 Å². The quantitative estimate of drug-likeness (QED) is 0.250. The zero-order valence-electron chi connectivity index (χ0n) is 21.7. The SMILES string of the molecule is CCCCCCCCN(CCOc1ccc(CC(OCC)C(=O)O)cc1)C(=O)OCc1ccccc1. The van der Waals surface area contributed by atoms with Crippen LogP contribution in [-0.2, 0) is 27.3 Å². The van der Waals surface area contributed by atoms with E-state index in [1.165, 1.54) is 25.7 Å². The van der Waals surface area contributed by atoms with Crippen LogP contribution in [0.3, 0.4) is 0 Å². The Morgan fingerprint density at radius 1 is 0.861 bits per heavy atom. The molecule has 2 aromatic carbocycles. The summed E-state index contributed by atoms with van der Waals surface area (Å²) in [5.41, 5.74) is 1.81. The van der Waals surface area contributed by atoms with E-state index < -0.39 is 12.1 Å². The lowest BCUT2D eigenvalue weighted by Crippen LogP contribution is -2.36. The molecule has 2 rings (SSSR count). The van der Waals surface area contributed by atoms with Crippen LogP contribution in [0, 0.1) is 0 Å². The van der Waals surface area contributed by atoms with Crippen molar-refractivity contribution in [2.75, 3.05) is 26.3 Å². The van der Waals surface area contributed by atoms with Crippen molar-refractivity contribution in [3.63, 3.8) is 0 Å². The maximum atomic E-state index is 12.8. The Morgan fingerprint density at radius 2 is 1.56 bits per heavy atom. The first-order valence-corrected chi connectivity index (χ1v) is 13.0. The van der Waals surface area contributed by atoms with Gasteiger partial charge in [-0.05, 0) is 36.6 Å². The molecule has 198 valence electrons. The number of carboxylic acids is 1. The van der Waals surface area contributed by atoms with Gasteiger partial charge in [0.05, 0.1) is 6.54 Å². The van der Waals surface area contributed by atoms with Gasteiger partial charge < -0.3 is 24.2 Å². The Balaban J connectivity index is 1.84. The van der Waals surface area contributed by atoms with Gasteiger partial charge in [-0.15, -0.1) is 0 Å². The van der Waals surface area contributed by atoms with E-state index in [1.54, 1.807) is 11.8 Å². The normalized spacial score (nSPS) is 11.6. The van der Waals surface area contributed by atoms with Gasteiger partial charge >= 0.3 is 12.1 Å². The van der Waals surface area contributed by atoms with E-state index in [0.29, 0.717) is 38.5 Å². The van der Waals surface area contributed by atoms with E-state index in [0.717, 1.165) is 24.0 Å². The van der Waals surface area contributed by atoms with Crippen molar-refractivity contribution < 1.29 is 28.9 Å². The zero-order chi connectivity index (χ0) is 26.0. The molecule has 0 aromatic heterocycles. The highest BCUT2D eigenvalue weighted by Gasteiger charge is 2.18. The Morgan fingerprint density at radius 3 is 2.22 bits per heavy atom. The van der Waals surface area contributed by atoms with Crippen molar-refractivity contribution in [3.8, 4) is 5.75 Å². The molecule has 2 aromatic rings. The minimum Gasteiger partial charge on any atom is -0.492 e. The van der Waals surface area contributed by atoms with E-state index in [2.05, 4.69) is 6.92 Å². The first kappa shape index (κ1) is 29.2. The largest absolute Gasteiger partial charge is 0.492 e. The third kappa shape index (κ3) is 11.6. The van der Waals surface area contributed by atoms with Crippen LogP contribution >= 0.6 is 0 Å². The molecule has 0 aliphatic heterocycles. The fourth-order valence-electron chi connectivity index (χ4n) is 3.82. The van der Waals surface area contributed by atoms with Crippen molar-refractivity contribution >= 4 is 12.1 Å². The number of ether oxygens (including phenoxy) is 3. The molecule has 7 nitrogen and oxygen atoms in total. The summed E-state index contributed by atoms with van der Waals surface area (Å²) >= 11 is 0. The third-order valence-electron chi connectivity index (χ3n) is 5.86. The van der Waals surface area contributed by atoms with Gasteiger partial charge in [0, 0.05) is 19.6 Å². The molecule has 7 heteroatoms. The van der Waals surface area contributed by atoms with E-state index in [1.807, 2.05) is 54.6 Å². The molecule has 0 aliphatic carbocycles. The molecule has 1 atom stereocenters. The Kier molecular flexibility index (Phi) is 14.1. The topological polar surface area (TPSA) is 85.3 Å². The number of hydrogen-bond acceptors (Lipinski definition) is 5. The summed E-state index contributed by atoms with van der Waals surface area (Å²) in [5.74, 6) is -0.305. The molecule has 0 spiro atoms. The number of carbonyl (C=O) groups is 2.